The van der Waals surface area contributed by atoms with Gasteiger partial charge in [0.15, 0.2) is 0 Å². The maximum absolute atomic E-state index is 13.3. The summed E-state index contributed by atoms with van der Waals surface area (Å²) in [5.74, 6) is 1.20. The van der Waals surface area contributed by atoms with Crippen molar-refractivity contribution in [3.63, 3.8) is 0 Å². The van der Waals surface area contributed by atoms with E-state index in [4.69, 9.17) is 0 Å². The van der Waals surface area contributed by atoms with Gasteiger partial charge in [0.2, 0.25) is 0 Å². The zero-order chi connectivity index (χ0) is 22.3. The number of amides is 1. The Hall–Kier alpha value is -2.34. The van der Waals surface area contributed by atoms with Gasteiger partial charge in [-0.25, -0.2) is 4.98 Å². The second-order valence-electron chi connectivity index (χ2n) is 9.94. The number of carbonyl (C=O) groups is 2. The van der Waals surface area contributed by atoms with Gasteiger partial charge in [0.1, 0.15) is 5.03 Å². The third-order valence-electron chi connectivity index (χ3n) is 7.74. The fourth-order valence-electron chi connectivity index (χ4n) is 6.48. The average molecular weight is 451 g/mol. The van der Waals surface area contributed by atoms with Crippen LogP contribution in [-0.4, -0.2) is 33.8 Å². The molecule has 1 heterocycles. The molecule has 4 aliphatic rings. The van der Waals surface area contributed by atoms with Gasteiger partial charge >= 0.3 is 5.97 Å². The number of carboxylic acids is 1. The Bertz CT molecular complexity index is 1010. The predicted molar refractivity (Wildman–Crippen MR) is 125 cm³/mol. The second-order valence-corrected chi connectivity index (χ2v) is 11.0. The van der Waals surface area contributed by atoms with Crippen LogP contribution in [0.15, 0.2) is 47.5 Å². The number of nitrogens with zero attached hydrogens (tertiary/aromatic N) is 1. The topological polar surface area (TPSA) is 79.3 Å². The quantitative estimate of drug-likeness (QED) is 0.596. The molecule has 0 spiro atoms. The van der Waals surface area contributed by atoms with E-state index in [0.29, 0.717) is 24.3 Å². The molecule has 2 N–H and O–H groups in total. The number of nitrogens with one attached hydrogen (secondary N) is 1. The highest BCUT2D eigenvalue weighted by Gasteiger charge is 2.59. The smallest absolute Gasteiger partial charge is 0.309 e. The SMILES string of the molecule is Cc1ccc(C(=O)N[C@H]2C3CC4CC2C[C@](C(=O)O)(C4)C3)c(SCCc2ccccc2)n1. The summed E-state index contributed by atoms with van der Waals surface area (Å²) in [6.07, 6.45) is 5.23. The van der Waals surface area contributed by atoms with E-state index in [9.17, 15) is 14.7 Å². The van der Waals surface area contributed by atoms with E-state index in [0.717, 1.165) is 42.2 Å². The van der Waals surface area contributed by atoms with Crippen molar-refractivity contribution in [1.82, 2.24) is 10.3 Å². The molecule has 4 saturated carbocycles. The maximum Gasteiger partial charge on any atom is 0.309 e. The lowest BCUT2D eigenvalue weighted by atomic mass is 9.48. The average Bonchev–Trinajstić information content (AvgIpc) is 2.76. The van der Waals surface area contributed by atoms with Crippen molar-refractivity contribution in [2.24, 2.45) is 23.2 Å². The first-order valence-electron chi connectivity index (χ1n) is 11.6. The van der Waals surface area contributed by atoms with E-state index in [1.54, 1.807) is 11.8 Å². The fraction of sp³-hybridized carbons (Fsp3) is 0.500. The molecule has 2 unspecified atom stereocenters. The number of rotatable bonds is 7. The number of carboxylic acid groups (broad SMARTS) is 1. The van der Waals surface area contributed by atoms with Crippen molar-refractivity contribution in [3.05, 3.63) is 59.3 Å². The van der Waals surface area contributed by atoms with E-state index >= 15 is 0 Å². The van der Waals surface area contributed by atoms with Gasteiger partial charge in [0, 0.05) is 17.5 Å². The van der Waals surface area contributed by atoms with Crippen molar-refractivity contribution in [2.45, 2.75) is 56.5 Å². The summed E-state index contributed by atoms with van der Waals surface area (Å²) in [5.41, 5.74) is 2.26. The van der Waals surface area contributed by atoms with E-state index in [-0.39, 0.29) is 23.8 Å². The molecule has 1 aromatic carbocycles. The summed E-state index contributed by atoms with van der Waals surface area (Å²) in [6.45, 7) is 1.95. The molecule has 4 fully saturated rings. The van der Waals surface area contributed by atoms with Crippen LogP contribution >= 0.6 is 11.8 Å². The van der Waals surface area contributed by atoms with E-state index in [1.807, 2.05) is 37.3 Å². The Kier molecular flexibility index (Phi) is 5.74. The second kappa shape index (κ2) is 8.54. The van der Waals surface area contributed by atoms with Crippen molar-refractivity contribution in [2.75, 3.05) is 5.75 Å². The normalized spacial score (nSPS) is 30.3. The van der Waals surface area contributed by atoms with Gasteiger partial charge in [-0.2, -0.15) is 0 Å². The van der Waals surface area contributed by atoms with Crippen molar-refractivity contribution < 1.29 is 14.7 Å². The number of carbonyl (C=O) groups excluding carboxylic acids is 1. The molecule has 5 nitrogen and oxygen atoms in total. The molecule has 1 amide bonds. The van der Waals surface area contributed by atoms with Crippen LogP contribution in [0.1, 0.15) is 53.7 Å². The van der Waals surface area contributed by atoms with Crippen LogP contribution in [0, 0.1) is 30.1 Å². The van der Waals surface area contributed by atoms with Crippen molar-refractivity contribution in [1.29, 1.82) is 0 Å². The molecule has 0 radical (unpaired) electrons. The molecule has 4 bridgehead atoms. The van der Waals surface area contributed by atoms with E-state index in [2.05, 4.69) is 22.4 Å². The highest BCUT2D eigenvalue weighted by Crippen LogP contribution is 2.60. The van der Waals surface area contributed by atoms with Crippen LogP contribution in [0.5, 0.6) is 0 Å². The van der Waals surface area contributed by atoms with Crippen LogP contribution < -0.4 is 5.32 Å². The van der Waals surface area contributed by atoms with Crippen molar-refractivity contribution >= 4 is 23.6 Å². The Labute approximate surface area is 193 Å². The summed E-state index contributed by atoms with van der Waals surface area (Å²) < 4.78 is 0. The maximum atomic E-state index is 13.3. The van der Waals surface area contributed by atoms with Gasteiger partial charge < -0.3 is 10.4 Å². The molecule has 6 rings (SSSR count). The Morgan fingerprint density at radius 1 is 1.09 bits per heavy atom. The third-order valence-corrected chi connectivity index (χ3v) is 8.73. The molecular formula is C26H30N2O3S. The predicted octanol–water partition coefficient (Wildman–Crippen LogP) is 4.73. The van der Waals surface area contributed by atoms with Gasteiger partial charge in [-0.15, -0.1) is 11.8 Å². The molecule has 168 valence electrons. The minimum absolute atomic E-state index is 0.0680. The molecular weight excluding hydrogens is 420 g/mol. The van der Waals surface area contributed by atoms with Crippen LogP contribution in [0.4, 0.5) is 0 Å². The minimum Gasteiger partial charge on any atom is -0.481 e. The van der Waals surface area contributed by atoms with Gasteiger partial charge in [0.05, 0.1) is 11.0 Å². The van der Waals surface area contributed by atoms with E-state index in [1.165, 1.54) is 5.56 Å². The van der Waals surface area contributed by atoms with Crippen LogP contribution in [0.2, 0.25) is 0 Å². The summed E-state index contributed by atoms with van der Waals surface area (Å²) in [6, 6.07) is 14.2. The first kappa shape index (κ1) is 21.5. The monoisotopic (exact) mass is 450 g/mol. The fourth-order valence-corrected chi connectivity index (χ4v) is 7.53. The molecule has 4 aliphatic carbocycles. The standard InChI is InChI=1S/C26H30N2O3S/c1-16-7-8-21(24(27-16)32-10-9-17-5-3-2-4-6-17)23(29)28-22-19-11-18-12-20(22)15-26(13-18,14-19)25(30)31/h2-8,18-20,22H,9-15H2,1H3,(H,28,29)(H,30,31)/t18?,19?,20?,22-,26-. The van der Waals surface area contributed by atoms with E-state index < -0.39 is 11.4 Å². The summed E-state index contributed by atoms with van der Waals surface area (Å²) in [7, 11) is 0. The van der Waals surface area contributed by atoms with Crippen molar-refractivity contribution in [3.8, 4) is 0 Å². The molecule has 0 saturated heterocycles. The highest BCUT2D eigenvalue weighted by atomic mass is 32.2. The first-order chi connectivity index (χ1) is 15.4. The molecule has 0 aliphatic heterocycles. The van der Waals surface area contributed by atoms with Gasteiger partial charge in [0.25, 0.3) is 5.91 Å². The summed E-state index contributed by atoms with van der Waals surface area (Å²) in [5, 5.41) is 14.0. The highest BCUT2D eigenvalue weighted by molar-refractivity contribution is 7.99. The largest absolute Gasteiger partial charge is 0.481 e. The summed E-state index contributed by atoms with van der Waals surface area (Å²) in [4.78, 5) is 30.0. The first-order valence-corrected chi connectivity index (χ1v) is 12.6. The molecule has 2 atom stereocenters. The number of hydrogen-bond donors (Lipinski definition) is 2. The minimum atomic E-state index is -0.637. The molecule has 6 heteroatoms. The lowest BCUT2D eigenvalue weighted by Crippen LogP contribution is -2.61. The van der Waals surface area contributed by atoms with Crippen LogP contribution in [-0.2, 0) is 11.2 Å². The number of aliphatic carboxylic acids is 1. The lowest BCUT2D eigenvalue weighted by molar-refractivity contribution is -0.166. The number of thioether (sulfide) groups is 1. The zero-order valence-electron chi connectivity index (χ0n) is 18.4. The summed E-state index contributed by atoms with van der Waals surface area (Å²) >= 11 is 1.63. The van der Waals surface area contributed by atoms with Gasteiger partial charge in [-0.3, -0.25) is 9.59 Å². The number of aryl methyl sites for hydroxylation is 2. The number of pyridine rings is 1. The number of benzene rings is 1. The number of hydrogen-bond acceptors (Lipinski definition) is 4. The van der Waals surface area contributed by atoms with Crippen LogP contribution in [0.3, 0.4) is 0 Å². The Balaban J connectivity index is 1.28. The van der Waals surface area contributed by atoms with Gasteiger partial charge in [-0.05, 0) is 80.9 Å². The lowest BCUT2D eigenvalue weighted by Gasteiger charge is -2.58. The Morgan fingerprint density at radius 3 is 2.50 bits per heavy atom. The molecule has 32 heavy (non-hydrogen) atoms. The van der Waals surface area contributed by atoms with Crippen LogP contribution in [0.25, 0.3) is 0 Å². The number of aromatic nitrogens is 1. The zero-order valence-corrected chi connectivity index (χ0v) is 19.2. The Morgan fingerprint density at radius 2 is 1.81 bits per heavy atom. The molecule has 1 aromatic heterocycles. The third kappa shape index (κ3) is 4.05. The van der Waals surface area contributed by atoms with Gasteiger partial charge in [-0.1, -0.05) is 30.3 Å². The molecule has 2 aromatic rings.